The van der Waals surface area contributed by atoms with Crippen LogP contribution in [-0.4, -0.2) is 16.1 Å². The molecule has 0 fully saturated rings. The zero-order valence-electron chi connectivity index (χ0n) is 7.75. The highest BCUT2D eigenvalue weighted by molar-refractivity contribution is 9.10. The minimum absolute atomic E-state index is 0.150. The summed E-state index contributed by atoms with van der Waals surface area (Å²) < 4.78 is 13.4. The fourth-order valence-corrected chi connectivity index (χ4v) is 2.05. The van der Waals surface area contributed by atoms with Gasteiger partial charge in [-0.2, -0.15) is 0 Å². The number of hydrogen-bond acceptors (Lipinski definition) is 2. The molecule has 82 valence electrons. The summed E-state index contributed by atoms with van der Waals surface area (Å²) in [6.07, 6.45) is 0. The number of pyridine rings is 1. The smallest absolute Gasteiger partial charge is 0.352 e. The second-order valence-corrected chi connectivity index (χ2v) is 4.02. The lowest BCUT2D eigenvalue weighted by Crippen LogP contribution is -2.10. The number of rotatable bonds is 1. The Bertz CT molecular complexity index is 650. The van der Waals surface area contributed by atoms with Crippen molar-refractivity contribution in [2.45, 2.75) is 0 Å². The van der Waals surface area contributed by atoms with Gasteiger partial charge in [0.05, 0.1) is 10.9 Å². The van der Waals surface area contributed by atoms with Gasteiger partial charge in [-0.1, -0.05) is 0 Å². The molecular weight excluding hydrogens is 281 g/mol. The summed E-state index contributed by atoms with van der Waals surface area (Å²) in [5.74, 6) is -1.82. The van der Waals surface area contributed by atoms with Crippen LogP contribution in [0.5, 0.6) is 0 Å². The lowest BCUT2D eigenvalue weighted by Gasteiger charge is -2.02. The molecule has 1 aromatic carbocycles. The van der Waals surface area contributed by atoms with Crippen LogP contribution < -0.4 is 5.43 Å². The molecule has 2 aromatic rings. The molecule has 0 spiro atoms. The summed E-state index contributed by atoms with van der Waals surface area (Å²) in [6.45, 7) is 0. The van der Waals surface area contributed by atoms with Crippen LogP contribution in [-0.2, 0) is 0 Å². The summed E-state index contributed by atoms with van der Waals surface area (Å²) in [7, 11) is 0. The number of aromatic nitrogens is 1. The Morgan fingerprint density at radius 2 is 2.06 bits per heavy atom. The zero-order chi connectivity index (χ0) is 11.9. The van der Waals surface area contributed by atoms with Gasteiger partial charge in [-0.25, -0.2) is 9.18 Å². The van der Waals surface area contributed by atoms with E-state index in [4.69, 9.17) is 5.11 Å². The van der Waals surface area contributed by atoms with E-state index in [9.17, 15) is 14.0 Å². The molecule has 16 heavy (non-hydrogen) atoms. The Balaban J connectivity index is 2.93. The van der Waals surface area contributed by atoms with Crippen molar-refractivity contribution in [1.29, 1.82) is 0 Å². The Morgan fingerprint density at radius 1 is 1.38 bits per heavy atom. The second-order valence-electron chi connectivity index (χ2n) is 3.16. The van der Waals surface area contributed by atoms with Gasteiger partial charge < -0.3 is 10.1 Å². The van der Waals surface area contributed by atoms with Gasteiger partial charge in [0.25, 0.3) is 0 Å². The first-order chi connectivity index (χ1) is 7.49. The highest BCUT2D eigenvalue weighted by atomic mass is 79.9. The standard InChI is InChI=1S/C10H5BrFNO3/c11-5-1-4(12)2-6-9(5)8(14)3-7(13-6)10(15)16/h1-3H,(H,13,14)(H,15,16). The summed E-state index contributed by atoms with van der Waals surface area (Å²) >= 11 is 3.05. The van der Waals surface area contributed by atoms with E-state index in [1.165, 1.54) is 0 Å². The van der Waals surface area contributed by atoms with E-state index in [0.29, 0.717) is 4.47 Å². The maximum atomic E-state index is 13.1. The Hall–Kier alpha value is -1.69. The van der Waals surface area contributed by atoms with Crippen molar-refractivity contribution < 1.29 is 14.3 Å². The lowest BCUT2D eigenvalue weighted by atomic mass is 10.2. The normalized spacial score (nSPS) is 10.6. The zero-order valence-corrected chi connectivity index (χ0v) is 9.34. The van der Waals surface area contributed by atoms with Crippen LogP contribution in [0.15, 0.2) is 27.5 Å². The van der Waals surface area contributed by atoms with Gasteiger partial charge in [0.15, 0.2) is 5.43 Å². The van der Waals surface area contributed by atoms with E-state index < -0.39 is 17.2 Å². The van der Waals surface area contributed by atoms with Crippen molar-refractivity contribution in [2.24, 2.45) is 0 Å². The van der Waals surface area contributed by atoms with Crippen LogP contribution in [0.25, 0.3) is 10.9 Å². The van der Waals surface area contributed by atoms with Gasteiger partial charge in [-0.15, -0.1) is 0 Å². The molecule has 0 aliphatic carbocycles. The average molecular weight is 286 g/mol. The summed E-state index contributed by atoms with van der Waals surface area (Å²) in [5, 5.41) is 8.96. The van der Waals surface area contributed by atoms with E-state index in [1.807, 2.05) is 0 Å². The third-order valence-electron chi connectivity index (χ3n) is 2.08. The van der Waals surface area contributed by atoms with Gasteiger partial charge in [0.2, 0.25) is 0 Å². The summed E-state index contributed by atoms with van der Waals surface area (Å²) in [5.41, 5.74) is -0.593. The van der Waals surface area contributed by atoms with Crippen molar-refractivity contribution in [1.82, 2.24) is 4.98 Å². The van der Waals surface area contributed by atoms with E-state index >= 15 is 0 Å². The first-order valence-electron chi connectivity index (χ1n) is 4.24. The van der Waals surface area contributed by atoms with E-state index in [-0.39, 0.29) is 16.6 Å². The minimum atomic E-state index is -1.26. The van der Waals surface area contributed by atoms with Crippen molar-refractivity contribution >= 4 is 32.8 Å². The second kappa shape index (κ2) is 3.71. The highest BCUT2D eigenvalue weighted by Crippen LogP contribution is 2.21. The highest BCUT2D eigenvalue weighted by Gasteiger charge is 2.11. The van der Waals surface area contributed by atoms with Crippen molar-refractivity contribution in [3.05, 3.63) is 44.4 Å². The molecule has 6 heteroatoms. The quantitative estimate of drug-likeness (QED) is 0.843. The number of aromatic amines is 1. The molecule has 0 saturated carbocycles. The molecular formula is C10H5BrFNO3. The SMILES string of the molecule is O=C(O)c1cc(=O)c2c(Br)cc(F)cc2[nH]1. The monoisotopic (exact) mass is 285 g/mol. The number of aromatic carboxylic acids is 1. The molecule has 0 radical (unpaired) electrons. The molecule has 2 N–H and O–H groups in total. The fraction of sp³-hybridized carbons (Fsp3) is 0. The number of halogens is 2. The number of H-pyrrole nitrogens is 1. The molecule has 0 atom stereocenters. The Labute approximate surface area is 96.8 Å². The number of fused-ring (bicyclic) bond motifs is 1. The minimum Gasteiger partial charge on any atom is -0.477 e. The predicted molar refractivity (Wildman–Crippen MR) is 59.2 cm³/mol. The van der Waals surface area contributed by atoms with Crippen molar-refractivity contribution in [3.63, 3.8) is 0 Å². The molecule has 0 aliphatic heterocycles. The van der Waals surface area contributed by atoms with Crippen molar-refractivity contribution in [3.8, 4) is 0 Å². The fourth-order valence-electron chi connectivity index (χ4n) is 1.42. The van der Waals surface area contributed by atoms with Crippen LogP contribution in [0.2, 0.25) is 0 Å². The lowest BCUT2D eigenvalue weighted by molar-refractivity contribution is 0.0691. The summed E-state index contributed by atoms with van der Waals surface area (Å²) in [6, 6.07) is 3.19. The van der Waals surface area contributed by atoms with Crippen LogP contribution in [0, 0.1) is 5.82 Å². The number of benzene rings is 1. The number of carboxylic acids is 1. The molecule has 0 saturated heterocycles. The molecule has 2 rings (SSSR count). The molecule has 0 aliphatic rings. The Morgan fingerprint density at radius 3 is 2.69 bits per heavy atom. The van der Waals surface area contributed by atoms with Gasteiger partial charge in [-0.05, 0) is 28.1 Å². The topological polar surface area (TPSA) is 70.2 Å². The van der Waals surface area contributed by atoms with Gasteiger partial charge in [-0.3, -0.25) is 4.79 Å². The average Bonchev–Trinajstić information content (AvgIpc) is 2.15. The summed E-state index contributed by atoms with van der Waals surface area (Å²) in [4.78, 5) is 24.8. The van der Waals surface area contributed by atoms with Crippen LogP contribution >= 0.6 is 15.9 Å². The van der Waals surface area contributed by atoms with Crippen LogP contribution in [0.4, 0.5) is 4.39 Å². The first-order valence-corrected chi connectivity index (χ1v) is 5.03. The largest absolute Gasteiger partial charge is 0.477 e. The van der Waals surface area contributed by atoms with E-state index in [2.05, 4.69) is 20.9 Å². The molecule has 0 amide bonds. The van der Waals surface area contributed by atoms with Crippen LogP contribution in [0.3, 0.4) is 0 Å². The van der Waals surface area contributed by atoms with Gasteiger partial charge in [0.1, 0.15) is 11.5 Å². The number of hydrogen-bond donors (Lipinski definition) is 2. The molecule has 1 aromatic heterocycles. The maximum absolute atomic E-state index is 13.1. The first kappa shape index (κ1) is 10.8. The van der Waals surface area contributed by atoms with Gasteiger partial charge >= 0.3 is 5.97 Å². The maximum Gasteiger partial charge on any atom is 0.352 e. The molecule has 0 unspecified atom stereocenters. The predicted octanol–water partition coefficient (Wildman–Crippen LogP) is 2.13. The molecule has 0 bridgehead atoms. The van der Waals surface area contributed by atoms with Gasteiger partial charge in [0, 0.05) is 10.5 Å². The van der Waals surface area contributed by atoms with Crippen molar-refractivity contribution in [2.75, 3.05) is 0 Å². The number of carboxylic acid groups (broad SMARTS) is 1. The third-order valence-corrected chi connectivity index (χ3v) is 2.70. The number of carbonyl (C=O) groups is 1. The van der Waals surface area contributed by atoms with Crippen LogP contribution in [0.1, 0.15) is 10.5 Å². The Kier molecular flexibility index (Phi) is 2.51. The number of nitrogens with one attached hydrogen (secondary N) is 1. The third kappa shape index (κ3) is 1.71. The van der Waals surface area contributed by atoms with E-state index in [0.717, 1.165) is 18.2 Å². The molecule has 1 heterocycles. The molecule has 4 nitrogen and oxygen atoms in total. The van der Waals surface area contributed by atoms with E-state index in [1.54, 1.807) is 0 Å².